The molecule has 18 heavy (non-hydrogen) atoms. The number of aromatic nitrogens is 1. The molecular formula is C12H17BrClN3O. The molecule has 0 saturated heterocycles. The predicted molar refractivity (Wildman–Crippen MR) is 77.0 cm³/mol. The van der Waals surface area contributed by atoms with Gasteiger partial charge in [0, 0.05) is 22.8 Å². The first-order valence-corrected chi connectivity index (χ1v) is 6.68. The van der Waals surface area contributed by atoms with Gasteiger partial charge in [-0.3, -0.25) is 4.79 Å². The van der Waals surface area contributed by atoms with E-state index in [2.05, 4.69) is 26.2 Å². The first-order chi connectivity index (χ1) is 8.24. The van der Waals surface area contributed by atoms with E-state index in [1.807, 2.05) is 32.8 Å². The molecular weight excluding hydrogens is 318 g/mol. The van der Waals surface area contributed by atoms with Gasteiger partial charge in [-0.15, -0.1) is 0 Å². The van der Waals surface area contributed by atoms with Crippen LogP contribution in [0.25, 0.3) is 0 Å². The summed E-state index contributed by atoms with van der Waals surface area (Å²) in [6, 6.07) is 1.66. The third kappa shape index (κ3) is 3.93. The molecule has 1 rings (SSSR count). The van der Waals surface area contributed by atoms with Gasteiger partial charge in [0.2, 0.25) is 0 Å². The topological polar surface area (TPSA) is 45.2 Å². The van der Waals surface area contributed by atoms with E-state index in [1.165, 1.54) is 0 Å². The van der Waals surface area contributed by atoms with Gasteiger partial charge in [-0.25, -0.2) is 4.98 Å². The molecule has 0 aromatic carbocycles. The number of halogens is 2. The van der Waals surface area contributed by atoms with Crippen molar-refractivity contribution in [3.05, 3.63) is 27.5 Å². The Balaban J connectivity index is 2.75. The van der Waals surface area contributed by atoms with Crippen molar-refractivity contribution in [3.8, 4) is 0 Å². The summed E-state index contributed by atoms with van der Waals surface area (Å²) in [5, 5.41) is 3.07. The molecule has 0 aliphatic carbocycles. The van der Waals surface area contributed by atoms with Crippen molar-refractivity contribution in [2.24, 2.45) is 0 Å². The van der Waals surface area contributed by atoms with Gasteiger partial charge >= 0.3 is 0 Å². The van der Waals surface area contributed by atoms with Crippen molar-refractivity contribution in [2.75, 3.05) is 20.6 Å². The Hall–Kier alpha value is -0.650. The number of amides is 1. The number of hydrogen-bond donors (Lipinski definition) is 1. The van der Waals surface area contributed by atoms with Crippen molar-refractivity contribution in [2.45, 2.75) is 19.4 Å². The van der Waals surface area contributed by atoms with E-state index in [0.717, 1.165) is 4.47 Å². The van der Waals surface area contributed by atoms with Crippen LogP contribution in [0, 0.1) is 0 Å². The third-order valence-electron chi connectivity index (χ3n) is 2.94. The van der Waals surface area contributed by atoms with E-state index >= 15 is 0 Å². The van der Waals surface area contributed by atoms with Crippen LogP contribution in [0.5, 0.6) is 0 Å². The Morgan fingerprint density at radius 1 is 1.56 bits per heavy atom. The minimum Gasteiger partial charge on any atom is -0.350 e. The Morgan fingerprint density at radius 2 is 2.17 bits per heavy atom. The lowest BCUT2D eigenvalue weighted by Crippen LogP contribution is -2.48. The average molecular weight is 335 g/mol. The first kappa shape index (κ1) is 15.4. The summed E-state index contributed by atoms with van der Waals surface area (Å²) in [4.78, 5) is 18.0. The maximum absolute atomic E-state index is 12.0. The molecule has 0 radical (unpaired) electrons. The van der Waals surface area contributed by atoms with Crippen LogP contribution in [0.2, 0.25) is 5.15 Å². The summed E-state index contributed by atoms with van der Waals surface area (Å²) in [6.07, 6.45) is 1.56. The quantitative estimate of drug-likeness (QED) is 0.861. The fourth-order valence-corrected chi connectivity index (χ4v) is 1.65. The van der Waals surface area contributed by atoms with Crippen LogP contribution in [0.4, 0.5) is 0 Å². The van der Waals surface area contributed by atoms with Gasteiger partial charge in [-0.05, 0) is 49.9 Å². The minimum atomic E-state index is -0.219. The molecule has 0 saturated carbocycles. The van der Waals surface area contributed by atoms with Crippen LogP contribution in [-0.4, -0.2) is 42.0 Å². The van der Waals surface area contributed by atoms with Crippen LogP contribution in [0.1, 0.15) is 24.2 Å². The van der Waals surface area contributed by atoms with Crippen molar-refractivity contribution in [3.63, 3.8) is 0 Å². The summed E-state index contributed by atoms with van der Waals surface area (Å²) in [7, 11) is 3.94. The first-order valence-electron chi connectivity index (χ1n) is 5.51. The van der Waals surface area contributed by atoms with Gasteiger partial charge < -0.3 is 10.2 Å². The second kappa shape index (κ2) is 5.99. The standard InChI is InChI=1S/C12H17BrClN3O/c1-12(2,17(3)4)7-16-11(18)9-5-8(13)6-15-10(9)14/h5-6H,7H2,1-4H3,(H,16,18). The number of likely N-dealkylation sites (N-methyl/N-ethyl adjacent to an activating group) is 1. The molecule has 0 aliphatic heterocycles. The van der Waals surface area contributed by atoms with E-state index < -0.39 is 0 Å². The Kier molecular flexibility index (Phi) is 5.13. The van der Waals surface area contributed by atoms with Crippen LogP contribution in [-0.2, 0) is 0 Å². The zero-order valence-corrected chi connectivity index (χ0v) is 13.3. The number of pyridine rings is 1. The monoisotopic (exact) mass is 333 g/mol. The summed E-state index contributed by atoms with van der Waals surface area (Å²) >= 11 is 9.17. The highest BCUT2D eigenvalue weighted by atomic mass is 79.9. The molecule has 0 atom stereocenters. The smallest absolute Gasteiger partial charge is 0.254 e. The lowest BCUT2D eigenvalue weighted by molar-refractivity contribution is 0.0919. The van der Waals surface area contributed by atoms with Crippen molar-refractivity contribution >= 4 is 33.4 Å². The summed E-state index contributed by atoms with van der Waals surface area (Å²) < 4.78 is 0.726. The molecule has 1 amide bonds. The summed E-state index contributed by atoms with van der Waals surface area (Å²) in [6.45, 7) is 4.63. The molecule has 0 unspecified atom stereocenters. The molecule has 1 aromatic rings. The van der Waals surface area contributed by atoms with Crippen molar-refractivity contribution < 1.29 is 4.79 Å². The number of nitrogens with zero attached hydrogens (tertiary/aromatic N) is 2. The van der Waals surface area contributed by atoms with Crippen LogP contribution >= 0.6 is 27.5 Å². The fourth-order valence-electron chi connectivity index (χ4n) is 1.13. The van der Waals surface area contributed by atoms with Crippen molar-refractivity contribution in [1.82, 2.24) is 15.2 Å². The molecule has 0 aliphatic rings. The Labute approximate surface area is 121 Å². The number of carbonyl (C=O) groups excluding carboxylic acids is 1. The van der Waals surface area contributed by atoms with Gasteiger partial charge in [-0.1, -0.05) is 11.6 Å². The normalized spacial score (nSPS) is 11.7. The third-order valence-corrected chi connectivity index (χ3v) is 3.68. The van der Waals surface area contributed by atoms with Gasteiger partial charge in [0.1, 0.15) is 5.15 Å². The van der Waals surface area contributed by atoms with Gasteiger partial charge in [0.05, 0.1) is 5.56 Å². The Morgan fingerprint density at radius 3 is 2.72 bits per heavy atom. The molecule has 4 nitrogen and oxygen atoms in total. The molecule has 100 valence electrons. The largest absolute Gasteiger partial charge is 0.350 e. The van der Waals surface area contributed by atoms with E-state index in [9.17, 15) is 4.79 Å². The second-order valence-electron chi connectivity index (χ2n) is 4.88. The number of rotatable bonds is 4. The highest BCUT2D eigenvalue weighted by Gasteiger charge is 2.22. The van der Waals surface area contributed by atoms with E-state index in [4.69, 9.17) is 11.6 Å². The van der Waals surface area contributed by atoms with Crippen LogP contribution < -0.4 is 5.32 Å². The van der Waals surface area contributed by atoms with Crippen molar-refractivity contribution in [1.29, 1.82) is 0 Å². The lowest BCUT2D eigenvalue weighted by atomic mass is 10.0. The molecule has 0 spiro atoms. The molecule has 0 bridgehead atoms. The maximum Gasteiger partial charge on any atom is 0.254 e. The van der Waals surface area contributed by atoms with E-state index in [1.54, 1.807) is 12.3 Å². The minimum absolute atomic E-state index is 0.123. The summed E-state index contributed by atoms with van der Waals surface area (Å²) in [5.74, 6) is -0.219. The Bertz CT molecular complexity index is 449. The van der Waals surface area contributed by atoms with Gasteiger partial charge in [0.25, 0.3) is 5.91 Å². The molecule has 1 aromatic heterocycles. The zero-order valence-electron chi connectivity index (χ0n) is 10.9. The number of nitrogens with one attached hydrogen (secondary N) is 1. The van der Waals surface area contributed by atoms with Gasteiger partial charge in [-0.2, -0.15) is 0 Å². The molecule has 6 heteroatoms. The second-order valence-corrected chi connectivity index (χ2v) is 6.16. The van der Waals surface area contributed by atoms with Gasteiger partial charge in [0.15, 0.2) is 0 Å². The molecule has 1 heterocycles. The number of hydrogen-bond acceptors (Lipinski definition) is 3. The number of carbonyl (C=O) groups is 1. The summed E-state index contributed by atoms with van der Waals surface area (Å²) in [5.41, 5.74) is 0.252. The highest BCUT2D eigenvalue weighted by Crippen LogP contribution is 2.18. The zero-order chi connectivity index (χ0) is 13.9. The van der Waals surface area contributed by atoms with Crippen LogP contribution in [0.3, 0.4) is 0 Å². The SMILES string of the molecule is CN(C)C(C)(C)CNC(=O)c1cc(Br)cnc1Cl. The van der Waals surface area contributed by atoms with E-state index in [-0.39, 0.29) is 16.6 Å². The van der Waals surface area contributed by atoms with Crippen LogP contribution in [0.15, 0.2) is 16.7 Å². The predicted octanol–water partition coefficient (Wildman–Crippen LogP) is 2.57. The highest BCUT2D eigenvalue weighted by molar-refractivity contribution is 9.10. The molecule has 0 fully saturated rings. The molecule has 1 N–H and O–H groups in total. The fraction of sp³-hybridized carbons (Fsp3) is 0.500. The maximum atomic E-state index is 12.0. The lowest BCUT2D eigenvalue weighted by Gasteiger charge is -2.32. The van der Waals surface area contributed by atoms with E-state index in [0.29, 0.717) is 12.1 Å². The average Bonchev–Trinajstić information content (AvgIpc) is 2.29.